The fourth-order valence-corrected chi connectivity index (χ4v) is 3.02. The van der Waals surface area contributed by atoms with Crippen LogP contribution in [0, 0.1) is 11.8 Å². The van der Waals surface area contributed by atoms with Gasteiger partial charge in [-0.1, -0.05) is 37.6 Å². The molecular weight excluding hydrogens is 284 g/mol. The van der Waals surface area contributed by atoms with Gasteiger partial charge in [-0.25, -0.2) is 0 Å². The van der Waals surface area contributed by atoms with E-state index in [4.69, 9.17) is 11.6 Å². The summed E-state index contributed by atoms with van der Waals surface area (Å²) in [4.78, 5) is 12.3. The van der Waals surface area contributed by atoms with Crippen molar-refractivity contribution >= 4 is 17.5 Å². The first-order valence-electron chi connectivity index (χ1n) is 7.82. The van der Waals surface area contributed by atoms with Gasteiger partial charge in [0, 0.05) is 11.4 Å². The summed E-state index contributed by atoms with van der Waals surface area (Å²) >= 11 is 5.94. The molecule has 2 N–H and O–H groups in total. The van der Waals surface area contributed by atoms with Crippen molar-refractivity contribution in [1.29, 1.82) is 0 Å². The Balaban J connectivity index is 1.95. The topological polar surface area (TPSA) is 41.1 Å². The van der Waals surface area contributed by atoms with Crippen LogP contribution in [0.5, 0.6) is 0 Å². The summed E-state index contributed by atoms with van der Waals surface area (Å²) in [5.41, 5.74) is 1.12. The van der Waals surface area contributed by atoms with Gasteiger partial charge in [-0.2, -0.15) is 0 Å². The summed E-state index contributed by atoms with van der Waals surface area (Å²) in [6, 6.07) is 7.80. The van der Waals surface area contributed by atoms with Gasteiger partial charge in [0.05, 0.1) is 6.04 Å². The van der Waals surface area contributed by atoms with E-state index in [0.29, 0.717) is 18.3 Å². The molecule has 3 nitrogen and oxygen atoms in total. The van der Waals surface area contributed by atoms with Crippen LogP contribution in [0.25, 0.3) is 0 Å². The molecule has 21 heavy (non-hydrogen) atoms. The number of nitrogens with one attached hydrogen (secondary N) is 2. The molecule has 1 aliphatic heterocycles. The zero-order valence-electron chi connectivity index (χ0n) is 12.9. The van der Waals surface area contributed by atoms with Gasteiger partial charge in [0.25, 0.3) is 0 Å². The highest BCUT2D eigenvalue weighted by Gasteiger charge is 2.21. The van der Waals surface area contributed by atoms with E-state index in [1.807, 2.05) is 24.3 Å². The zero-order valence-corrected chi connectivity index (χ0v) is 13.6. The van der Waals surface area contributed by atoms with Gasteiger partial charge in [0.2, 0.25) is 5.91 Å². The molecule has 0 radical (unpaired) electrons. The monoisotopic (exact) mass is 308 g/mol. The third-order valence-corrected chi connectivity index (χ3v) is 4.34. The van der Waals surface area contributed by atoms with Crippen LogP contribution in [0.15, 0.2) is 24.3 Å². The molecule has 2 atom stereocenters. The fraction of sp³-hybridized carbons (Fsp3) is 0.588. The van der Waals surface area contributed by atoms with Gasteiger partial charge < -0.3 is 10.6 Å². The van der Waals surface area contributed by atoms with Crippen LogP contribution < -0.4 is 10.6 Å². The maximum atomic E-state index is 12.3. The Kier molecular flexibility index (Phi) is 6.07. The van der Waals surface area contributed by atoms with Crippen LogP contribution in [-0.4, -0.2) is 19.0 Å². The predicted molar refractivity (Wildman–Crippen MR) is 87.4 cm³/mol. The third-order valence-electron chi connectivity index (χ3n) is 4.09. The van der Waals surface area contributed by atoms with Crippen LogP contribution in [0.3, 0.4) is 0 Å². The minimum Gasteiger partial charge on any atom is -0.349 e. The van der Waals surface area contributed by atoms with Crippen LogP contribution in [0.4, 0.5) is 0 Å². The van der Waals surface area contributed by atoms with Crippen LogP contribution in [0.2, 0.25) is 5.02 Å². The fourth-order valence-electron chi connectivity index (χ4n) is 2.90. The van der Waals surface area contributed by atoms with E-state index in [-0.39, 0.29) is 11.9 Å². The lowest BCUT2D eigenvalue weighted by atomic mass is 9.93. The van der Waals surface area contributed by atoms with Crippen molar-refractivity contribution in [2.75, 3.05) is 13.1 Å². The van der Waals surface area contributed by atoms with Gasteiger partial charge >= 0.3 is 0 Å². The van der Waals surface area contributed by atoms with Crippen molar-refractivity contribution in [3.8, 4) is 0 Å². The van der Waals surface area contributed by atoms with Gasteiger partial charge in [-0.3, -0.25) is 4.79 Å². The Labute approximate surface area is 132 Å². The highest BCUT2D eigenvalue weighted by Crippen LogP contribution is 2.24. The van der Waals surface area contributed by atoms with Crippen molar-refractivity contribution in [3.63, 3.8) is 0 Å². The molecule has 2 rings (SSSR count). The molecule has 0 spiro atoms. The van der Waals surface area contributed by atoms with Crippen molar-refractivity contribution < 1.29 is 4.79 Å². The smallest absolute Gasteiger partial charge is 0.220 e. The number of halogens is 1. The Morgan fingerprint density at radius 1 is 1.38 bits per heavy atom. The maximum absolute atomic E-state index is 12.3. The number of rotatable bonds is 5. The number of hydrogen-bond donors (Lipinski definition) is 2. The number of carbonyl (C=O) groups excluding carboxylic acids is 1. The average Bonchev–Trinajstić information content (AvgIpc) is 2.47. The first kappa shape index (κ1) is 16.3. The lowest BCUT2D eigenvalue weighted by Gasteiger charge is -2.26. The van der Waals surface area contributed by atoms with Gasteiger partial charge in [0.1, 0.15) is 0 Å². The largest absolute Gasteiger partial charge is 0.349 e. The number of carbonyl (C=O) groups is 1. The minimum atomic E-state index is 0.0475. The summed E-state index contributed by atoms with van der Waals surface area (Å²) in [6.45, 7) is 6.29. The molecule has 4 heteroatoms. The Morgan fingerprint density at radius 3 is 2.67 bits per heavy atom. The molecule has 1 heterocycles. The SMILES string of the molecule is CC(C)C(NC(=O)CC1CCCNC1)c1ccc(Cl)cc1. The quantitative estimate of drug-likeness (QED) is 0.873. The molecule has 1 aliphatic rings. The van der Waals surface area contributed by atoms with Crippen LogP contribution >= 0.6 is 11.6 Å². The second kappa shape index (κ2) is 7.81. The molecule has 1 saturated heterocycles. The molecule has 0 aliphatic carbocycles. The predicted octanol–water partition coefficient (Wildman–Crippen LogP) is 3.54. The van der Waals surface area contributed by atoms with Crippen molar-refractivity contribution in [2.45, 2.75) is 39.2 Å². The molecule has 1 aromatic carbocycles. The number of piperidine rings is 1. The number of hydrogen-bond acceptors (Lipinski definition) is 2. The first-order chi connectivity index (χ1) is 10.1. The first-order valence-corrected chi connectivity index (χ1v) is 8.19. The van der Waals surface area contributed by atoms with E-state index in [0.717, 1.165) is 30.1 Å². The second-order valence-electron chi connectivity index (χ2n) is 6.26. The molecule has 1 fully saturated rings. The average molecular weight is 309 g/mol. The van der Waals surface area contributed by atoms with Gasteiger partial charge in [0.15, 0.2) is 0 Å². The van der Waals surface area contributed by atoms with Gasteiger partial charge in [-0.05, 0) is 55.5 Å². The summed E-state index contributed by atoms with van der Waals surface area (Å²) in [7, 11) is 0. The lowest BCUT2D eigenvalue weighted by Crippen LogP contribution is -2.36. The Morgan fingerprint density at radius 2 is 2.10 bits per heavy atom. The highest BCUT2D eigenvalue weighted by atomic mass is 35.5. The van der Waals surface area contributed by atoms with E-state index in [1.54, 1.807) is 0 Å². The van der Waals surface area contributed by atoms with Crippen LogP contribution in [0.1, 0.15) is 44.7 Å². The number of benzene rings is 1. The molecular formula is C17H25ClN2O. The summed E-state index contributed by atoms with van der Waals surface area (Å²) in [6.07, 6.45) is 2.93. The standard InChI is InChI=1S/C17H25ClN2O/c1-12(2)17(14-5-7-15(18)8-6-14)20-16(21)10-13-4-3-9-19-11-13/h5-8,12-13,17,19H,3-4,9-11H2,1-2H3,(H,20,21). The van der Waals surface area contributed by atoms with Crippen molar-refractivity contribution in [3.05, 3.63) is 34.9 Å². The van der Waals surface area contributed by atoms with E-state index in [2.05, 4.69) is 24.5 Å². The molecule has 2 unspecified atom stereocenters. The minimum absolute atomic E-state index is 0.0475. The molecule has 0 saturated carbocycles. The maximum Gasteiger partial charge on any atom is 0.220 e. The molecule has 1 amide bonds. The summed E-state index contributed by atoms with van der Waals surface area (Å²) in [5, 5.41) is 7.27. The van der Waals surface area contributed by atoms with E-state index < -0.39 is 0 Å². The van der Waals surface area contributed by atoms with Crippen molar-refractivity contribution in [2.24, 2.45) is 11.8 Å². The van der Waals surface area contributed by atoms with E-state index >= 15 is 0 Å². The summed E-state index contributed by atoms with van der Waals surface area (Å²) < 4.78 is 0. The normalized spacial score (nSPS) is 20.3. The Hall–Kier alpha value is -1.06. The zero-order chi connectivity index (χ0) is 15.2. The Bertz CT molecular complexity index is 452. The van der Waals surface area contributed by atoms with E-state index in [1.165, 1.54) is 6.42 Å². The number of amides is 1. The molecule has 1 aromatic rings. The second-order valence-corrected chi connectivity index (χ2v) is 6.69. The van der Waals surface area contributed by atoms with Gasteiger partial charge in [-0.15, -0.1) is 0 Å². The molecule has 116 valence electrons. The van der Waals surface area contributed by atoms with Crippen molar-refractivity contribution in [1.82, 2.24) is 10.6 Å². The molecule has 0 aromatic heterocycles. The van der Waals surface area contributed by atoms with Crippen LogP contribution in [-0.2, 0) is 4.79 Å². The lowest BCUT2D eigenvalue weighted by molar-refractivity contribution is -0.123. The molecule has 0 bridgehead atoms. The highest BCUT2D eigenvalue weighted by molar-refractivity contribution is 6.30. The van der Waals surface area contributed by atoms with E-state index in [9.17, 15) is 4.79 Å². The summed E-state index contributed by atoms with van der Waals surface area (Å²) in [5.74, 6) is 0.966. The third kappa shape index (κ3) is 5.01.